The van der Waals surface area contributed by atoms with Gasteiger partial charge in [-0.15, -0.1) is 12.4 Å². The zero-order valence-electron chi connectivity index (χ0n) is 17.0. The average Bonchev–Trinajstić information content (AvgIpc) is 3.24. The van der Waals surface area contributed by atoms with Gasteiger partial charge < -0.3 is 15.4 Å². The number of benzene rings is 2. The van der Waals surface area contributed by atoms with Gasteiger partial charge in [-0.05, 0) is 56.1 Å². The van der Waals surface area contributed by atoms with Gasteiger partial charge in [0, 0.05) is 18.3 Å². The van der Waals surface area contributed by atoms with Crippen LogP contribution < -0.4 is 15.4 Å². The molecule has 4 rings (SSSR count). The molecule has 1 aliphatic heterocycles. The van der Waals surface area contributed by atoms with Crippen LogP contribution in [0.1, 0.15) is 23.2 Å². The molecule has 0 radical (unpaired) electrons. The van der Waals surface area contributed by atoms with E-state index < -0.39 is 0 Å². The number of methoxy groups -OCH3 is 1. The molecule has 1 unspecified atom stereocenters. The van der Waals surface area contributed by atoms with E-state index in [-0.39, 0.29) is 18.3 Å². The van der Waals surface area contributed by atoms with Gasteiger partial charge in [-0.25, -0.2) is 4.68 Å². The Morgan fingerprint density at radius 2 is 2.07 bits per heavy atom. The molecule has 2 aromatic carbocycles. The summed E-state index contributed by atoms with van der Waals surface area (Å²) >= 11 is 0. The summed E-state index contributed by atoms with van der Waals surface area (Å²) in [6.45, 7) is 2.68. The molecule has 0 saturated carbocycles. The summed E-state index contributed by atoms with van der Waals surface area (Å²) in [7, 11) is 1.63. The summed E-state index contributed by atoms with van der Waals surface area (Å²) in [5.41, 5.74) is 2.97. The third-order valence-corrected chi connectivity index (χ3v) is 5.27. The van der Waals surface area contributed by atoms with Gasteiger partial charge in [0.15, 0.2) is 0 Å². The van der Waals surface area contributed by atoms with Gasteiger partial charge in [-0.1, -0.05) is 30.3 Å². The third-order valence-electron chi connectivity index (χ3n) is 5.27. The number of halogens is 1. The molecular weight excluding hydrogens is 400 g/mol. The van der Waals surface area contributed by atoms with Crippen LogP contribution >= 0.6 is 12.4 Å². The lowest BCUT2D eigenvalue weighted by Crippen LogP contribution is -2.38. The highest BCUT2D eigenvalue weighted by Gasteiger charge is 2.21. The fourth-order valence-electron chi connectivity index (χ4n) is 3.67. The van der Waals surface area contributed by atoms with Crippen LogP contribution in [0.5, 0.6) is 5.75 Å². The Hall–Kier alpha value is -2.83. The summed E-state index contributed by atoms with van der Waals surface area (Å²) < 4.78 is 7.11. The third kappa shape index (κ3) is 5.01. The SMILES string of the molecule is COc1cccc(-c2nn(-c3ccccc3)cc2C(=O)NCC2CCCNC2)c1.Cl. The number of hydrogen-bond donors (Lipinski definition) is 2. The summed E-state index contributed by atoms with van der Waals surface area (Å²) in [5, 5.41) is 11.2. The van der Waals surface area contributed by atoms with Crippen LogP contribution in [0.15, 0.2) is 60.8 Å². The zero-order valence-corrected chi connectivity index (χ0v) is 17.8. The fraction of sp³-hybridized carbons (Fsp3) is 0.304. The Bertz CT molecular complexity index is 968. The van der Waals surface area contributed by atoms with Crippen molar-refractivity contribution < 1.29 is 9.53 Å². The average molecular weight is 427 g/mol. The quantitative estimate of drug-likeness (QED) is 0.630. The fourth-order valence-corrected chi connectivity index (χ4v) is 3.67. The number of rotatable bonds is 6. The number of ether oxygens (including phenoxy) is 1. The molecule has 1 fully saturated rings. The minimum absolute atomic E-state index is 0. The van der Waals surface area contributed by atoms with Gasteiger partial charge in [0.2, 0.25) is 0 Å². The highest BCUT2D eigenvalue weighted by Crippen LogP contribution is 2.27. The molecule has 0 bridgehead atoms. The Kier molecular flexibility index (Phi) is 7.49. The molecule has 1 atom stereocenters. The predicted octanol–water partition coefficient (Wildman–Crippen LogP) is 3.70. The molecule has 1 aromatic heterocycles. The highest BCUT2D eigenvalue weighted by molar-refractivity contribution is 6.00. The largest absolute Gasteiger partial charge is 0.497 e. The van der Waals surface area contributed by atoms with E-state index in [0.717, 1.165) is 42.9 Å². The van der Waals surface area contributed by atoms with Crippen LogP contribution in [0.4, 0.5) is 0 Å². The van der Waals surface area contributed by atoms with Crippen molar-refractivity contribution in [3.8, 4) is 22.7 Å². The molecule has 0 aliphatic carbocycles. The van der Waals surface area contributed by atoms with Crippen LogP contribution in [-0.4, -0.2) is 42.4 Å². The van der Waals surface area contributed by atoms with Gasteiger partial charge in [0.1, 0.15) is 11.4 Å². The van der Waals surface area contributed by atoms with E-state index in [0.29, 0.717) is 23.7 Å². The smallest absolute Gasteiger partial charge is 0.255 e. The number of piperidine rings is 1. The number of para-hydroxylation sites is 1. The first-order valence-electron chi connectivity index (χ1n) is 10.0. The lowest BCUT2D eigenvalue weighted by Gasteiger charge is -2.22. The van der Waals surface area contributed by atoms with E-state index in [4.69, 9.17) is 9.84 Å². The number of nitrogens with one attached hydrogen (secondary N) is 2. The molecule has 2 N–H and O–H groups in total. The molecule has 2 heterocycles. The molecule has 3 aromatic rings. The van der Waals surface area contributed by atoms with Crippen LogP contribution in [0.3, 0.4) is 0 Å². The number of aromatic nitrogens is 2. The number of hydrogen-bond acceptors (Lipinski definition) is 4. The van der Waals surface area contributed by atoms with Crippen molar-refractivity contribution in [2.24, 2.45) is 5.92 Å². The van der Waals surface area contributed by atoms with Crippen molar-refractivity contribution in [1.82, 2.24) is 20.4 Å². The standard InChI is InChI=1S/C23H26N4O2.ClH/c1-29-20-11-5-8-18(13-20)22-21(16-27(26-22)19-9-3-2-4-10-19)23(28)25-15-17-7-6-12-24-14-17;/h2-5,8-11,13,16-17,24H,6-7,12,14-15H2,1H3,(H,25,28);1H. The van der Waals surface area contributed by atoms with Crippen molar-refractivity contribution in [2.45, 2.75) is 12.8 Å². The molecule has 7 heteroatoms. The van der Waals surface area contributed by atoms with E-state index in [2.05, 4.69) is 10.6 Å². The van der Waals surface area contributed by atoms with E-state index in [1.165, 1.54) is 0 Å². The number of carbonyl (C=O) groups excluding carboxylic acids is 1. The Morgan fingerprint density at radius 3 is 2.80 bits per heavy atom. The lowest BCUT2D eigenvalue weighted by molar-refractivity contribution is 0.0945. The molecule has 6 nitrogen and oxygen atoms in total. The number of amides is 1. The minimum atomic E-state index is -0.101. The minimum Gasteiger partial charge on any atom is -0.497 e. The topological polar surface area (TPSA) is 68.2 Å². The Balaban J connectivity index is 0.00000256. The summed E-state index contributed by atoms with van der Waals surface area (Å²) in [4.78, 5) is 13.1. The first-order chi connectivity index (χ1) is 14.2. The maximum Gasteiger partial charge on any atom is 0.255 e. The maximum atomic E-state index is 13.1. The first kappa shape index (κ1) is 21.9. The Labute approximate surface area is 183 Å². The molecule has 1 saturated heterocycles. The van der Waals surface area contributed by atoms with Crippen LogP contribution in [0.25, 0.3) is 16.9 Å². The Morgan fingerprint density at radius 1 is 1.23 bits per heavy atom. The van der Waals surface area contributed by atoms with Crippen molar-refractivity contribution in [2.75, 3.05) is 26.7 Å². The van der Waals surface area contributed by atoms with E-state index in [1.54, 1.807) is 18.0 Å². The van der Waals surface area contributed by atoms with Crippen molar-refractivity contribution in [3.05, 3.63) is 66.4 Å². The van der Waals surface area contributed by atoms with Gasteiger partial charge in [0.25, 0.3) is 5.91 Å². The van der Waals surface area contributed by atoms with Crippen LogP contribution in [-0.2, 0) is 0 Å². The summed E-state index contributed by atoms with van der Waals surface area (Å²) in [5.74, 6) is 1.10. The second-order valence-electron chi connectivity index (χ2n) is 7.33. The molecule has 1 amide bonds. The van der Waals surface area contributed by atoms with Gasteiger partial charge in [-0.3, -0.25) is 4.79 Å². The normalized spacial score (nSPS) is 15.8. The van der Waals surface area contributed by atoms with Crippen molar-refractivity contribution in [1.29, 1.82) is 0 Å². The molecular formula is C23H27ClN4O2. The molecule has 0 spiro atoms. The van der Waals surface area contributed by atoms with Crippen molar-refractivity contribution in [3.63, 3.8) is 0 Å². The highest BCUT2D eigenvalue weighted by atomic mass is 35.5. The van der Waals surface area contributed by atoms with Gasteiger partial charge in [0.05, 0.1) is 18.4 Å². The first-order valence-corrected chi connectivity index (χ1v) is 10.0. The lowest BCUT2D eigenvalue weighted by atomic mass is 9.99. The van der Waals surface area contributed by atoms with Gasteiger partial charge in [-0.2, -0.15) is 5.10 Å². The monoisotopic (exact) mass is 426 g/mol. The van der Waals surface area contributed by atoms with Crippen molar-refractivity contribution >= 4 is 18.3 Å². The number of carbonyl (C=O) groups is 1. The molecule has 1 aliphatic rings. The molecule has 158 valence electrons. The van der Waals surface area contributed by atoms with E-state index in [1.807, 2.05) is 54.6 Å². The molecule has 30 heavy (non-hydrogen) atoms. The predicted molar refractivity (Wildman–Crippen MR) is 121 cm³/mol. The van der Waals surface area contributed by atoms with Gasteiger partial charge >= 0.3 is 0 Å². The zero-order chi connectivity index (χ0) is 20.1. The summed E-state index contributed by atoms with van der Waals surface area (Å²) in [6, 6.07) is 17.5. The van der Waals surface area contributed by atoms with E-state index in [9.17, 15) is 4.79 Å². The second-order valence-corrected chi connectivity index (χ2v) is 7.33. The van der Waals surface area contributed by atoms with E-state index >= 15 is 0 Å². The second kappa shape index (κ2) is 10.3. The summed E-state index contributed by atoms with van der Waals surface area (Å²) in [6.07, 6.45) is 4.10. The van der Waals surface area contributed by atoms with Crippen LogP contribution in [0.2, 0.25) is 0 Å². The van der Waals surface area contributed by atoms with Crippen LogP contribution in [0, 0.1) is 5.92 Å². The number of nitrogens with zero attached hydrogens (tertiary/aromatic N) is 2. The maximum absolute atomic E-state index is 13.1.